The quantitative estimate of drug-likeness (QED) is 0.755. The van der Waals surface area contributed by atoms with Crippen LogP contribution in [0.25, 0.3) is 11.1 Å². The van der Waals surface area contributed by atoms with Crippen LogP contribution in [-0.4, -0.2) is 7.11 Å². The Bertz CT molecular complexity index is 492. The van der Waals surface area contributed by atoms with Gasteiger partial charge in [-0.25, -0.2) is 0 Å². The first-order chi connectivity index (χ1) is 7.70. The number of methoxy groups -OCH3 is 1. The van der Waals surface area contributed by atoms with E-state index in [1.54, 1.807) is 7.11 Å². The first kappa shape index (κ1) is 11.3. The molecular weight excluding hydrogens is 243 g/mol. The van der Waals surface area contributed by atoms with E-state index < -0.39 is 0 Å². The third-order valence-electron chi connectivity index (χ3n) is 2.33. The molecule has 0 N–H and O–H groups in total. The largest absolute Gasteiger partial charge is 0.495 e. The van der Waals surface area contributed by atoms with Crippen LogP contribution in [0.4, 0.5) is 0 Å². The Kier molecular flexibility index (Phi) is 3.37. The molecule has 0 aliphatic rings. The number of benzene rings is 2. The lowest BCUT2D eigenvalue weighted by Gasteiger charge is -2.06. The minimum atomic E-state index is 0.611. The maximum absolute atomic E-state index is 5.96. The smallest absolute Gasteiger partial charge is 0.138 e. The van der Waals surface area contributed by atoms with Gasteiger partial charge in [0.15, 0.2) is 0 Å². The zero-order valence-electron chi connectivity index (χ0n) is 8.71. The van der Waals surface area contributed by atoms with E-state index in [1.807, 2.05) is 42.5 Å². The summed E-state index contributed by atoms with van der Waals surface area (Å²) in [7, 11) is 1.60. The standard InChI is InChI=1S/C13H10Cl2O/c1-16-13-8-10(4-7-12(13)15)9-2-5-11(14)6-3-9/h2-8H,1H3. The van der Waals surface area contributed by atoms with Gasteiger partial charge in [0.2, 0.25) is 0 Å². The molecule has 2 rings (SSSR count). The summed E-state index contributed by atoms with van der Waals surface area (Å²) in [5.41, 5.74) is 2.14. The van der Waals surface area contributed by atoms with Crippen molar-refractivity contribution in [2.75, 3.05) is 7.11 Å². The molecule has 0 saturated heterocycles. The van der Waals surface area contributed by atoms with Crippen LogP contribution in [0.3, 0.4) is 0 Å². The third kappa shape index (κ3) is 2.31. The summed E-state index contributed by atoms with van der Waals surface area (Å²) in [6.07, 6.45) is 0. The van der Waals surface area contributed by atoms with Crippen LogP contribution in [0, 0.1) is 0 Å². The summed E-state index contributed by atoms with van der Waals surface area (Å²) in [6, 6.07) is 13.3. The van der Waals surface area contributed by atoms with Crippen molar-refractivity contribution in [3.8, 4) is 16.9 Å². The fourth-order valence-electron chi connectivity index (χ4n) is 1.48. The maximum Gasteiger partial charge on any atom is 0.138 e. The van der Waals surface area contributed by atoms with Gasteiger partial charge in [-0.15, -0.1) is 0 Å². The number of hydrogen-bond acceptors (Lipinski definition) is 1. The van der Waals surface area contributed by atoms with Crippen molar-refractivity contribution < 1.29 is 4.74 Å². The second kappa shape index (κ2) is 4.77. The molecule has 0 heterocycles. The van der Waals surface area contributed by atoms with Crippen molar-refractivity contribution in [2.24, 2.45) is 0 Å². The molecule has 0 bridgehead atoms. The summed E-state index contributed by atoms with van der Waals surface area (Å²) in [5.74, 6) is 0.675. The van der Waals surface area contributed by atoms with Gasteiger partial charge < -0.3 is 4.74 Å². The van der Waals surface area contributed by atoms with E-state index in [9.17, 15) is 0 Å². The average Bonchev–Trinajstić information content (AvgIpc) is 2.31. The average molecular weight is 253 g/mol. The van der Waals surface area contributed by atoms with Crippen LogP contribution < -0.4 is 4.74 Å². The predicted molar refractivity (Wildman–Crippen MR) is 68.5 cm³/mol. The van der Waals surface area contributed by atoms with E-state index in [1.165, 1.54) is 0 Å². The minimum Gasteiger partial charge on any atom is -0.495 e. The van der Waals surface area contributed by atoms with Crippen LogP contribution in [0.5, 0.6) is 5.75 Å². The highest BCUT2D eigenvalue weighted by molar-refractivity contribution is 6.32. The van der Waals surface area contributed by atoms with Crippen LogP contribution in [0.1, 0.15) is 0 Å². The van der Waals surface area contributed by atoms with Crippen molar-refractivity contribution >= 4 is 23.2 Å². The highest BCUT2D eigenvalue weighted by atomic mass is 35.5. The molecular formula is C13H10Cl2O. The molecule has 2 aromatic carbocycles. The van der Waals surface area contributed by atoms with Gasteiger partial charge in [0, 0.05) is 5.02 Å². The van der Waals surface area contributed by atoms with E-state index in [0.29, 0.717) is 10.8 Å². The van der Waals surface area contributed by atoms with Crippen molar-refractivity contribution in [1.82, 2.24) is 0 Å². The van der Waals surface area contributed by atoms with E-state index in [-0.39, 0.29) is 0 Å². The number of hydrogen-bond donors (Lipinski definition) is 0. The lowest BCUT2D eigenvalue weighted by atomic mass is 10.1. The summed E-state index contributed by atoms with van der Waals surface area (Å²) in [6.45, 7) is 0. The SMILES string of the molecule is COc1cc(-c2ccc(Cl)cc2)ccc1Cl. The zero-order chi connectivity index (χ0) is 11.5. The Morgan fingerprint density at radius 1 is 0.875 bits per heavy atom. The molecule has 0 atom stereocenters. The maximum atomic E-state index is 5.96. The Balaban J connectivity index is 2.44. The molecule has 16 heavy (non-hydrogen) atoms. The fourth-order valence-corrected chi connectivity index (χ4v) is 1.80. The predicted octanol–water partition coefficient (Wildman–Crippen LogP) is 4.67. The van der Waals surface area contributed by atoms with Gasteiger partial charge in [0.1, 0.15) is 5.75 Å². The first-order valence-corrected chi connectivity index (χ1v) is 5.56. The van der Waals surface area contributed by atoms with Gasteiger partial charge in [0.05, 0.1) is 12.1 Å². The molecule has 0 saturated carbocycles. The van der Waals surface area contributed by atoms with Gasteiger partial charge in [-0.3, -0.25) is 0 Å². The lowest BCUT2D eigenvalue weighted by molar-refractivity contribution is 0.415. The van der Waals surface area contributed by atoms with Crippen molar-refractivity contribution in [2.45, 2.75) is 0 Å². The minimum absolute atomic E-state index is 0.611. The molecule has 1 nitrogen and oxygen atoms in total. The second-order valence-corrected chi connectivity index (χ2v) is 4.20. The molecule has 0 unspecified atom stereocenters. The van der Waals surface area contributed by atoms with Gasteiger partial charge in [-0.1, -0.05) is 41.4 Å². The van der Waals surface area contributed by atoms with E-state index in [0.717, 1.165) is 16.1 Å². The molecule has 0 amide bonds. The highest BCUT2D eigenvalue weighted by Crippen LogP contribution is 2.30. The van der Waals surface area contributed by atoms with Crippen molar-refractivity contribution in [3.63, 3.8) is 0 Å². The second-order valence-electron chi connectivity index (χ2n) is 3.36. The molecule has 0 fully saturated rings. The Hall–Kier alpha value is -1.18. The molecule has 0 spiro atoms. The van der Waals surface area contributed by atoms with Crippen LogP contribution in [0.15, 0.2) is 42.5 Å². The number of ether oxygens (including phenoxy) is 1. The van der Waals surface area contributed by atoms with E-state index in [2.05, 4.69) is 0 Å². The van der Waals surface area contributed by atoms with Gasteiger partial charge in [-0.2, -0.15) is 0 Å². The molecule has 2 aromatic rings. The van der Waals surface area contributed by atoms with Gasteiger partial charge in [0.25, 0.3) is 0 Å². The molecule has 0 aliphatic carbocycles. The first-order valence-electron chi connectivity index (χ1n) is 4.80. The summed E-state index contributed by atoms with van der Waals surface area (Å²) in [4.78, 5) is 0. The third-order valence-corrected chi connectivity index (χ3v) is 2.89. The number of rotatable bonds is 2. The van der Waals surface area contributed by atoms with Crippen molar-refractivity contribution in [3.05, 3.63) is 52.5 Å². The molecule has 0 aromatic heterocycles. The molecule has 3 heteroatoms. The molecule has 0 radical (unpaired) electrons. The monoisotopic (exact) mass is 252 g/mol. The lowest BCUT2D eigenvalue weighted by Crippen LogP contribution is -1.85. The summed E-state index contributed by atoms with van der Waals surface area (Å²) in [5, 5.41) is 1.34. The van der Waals surface area contributed by atoms with Gasteiger partial charge >= 0.3 is 0 Å². The van der Waals surface area contributed by atoms with Crippen LogP contribution in [0.2, 0.25) is 10.0 Å². The van der Waals surface area contributed by atoms with E-state index >= 15 is 0 Å². The Labute approximate surface area is 105 Å². The summed E-state index contributed by atoms with van der Waals surface area (Å²) >= 11 is 11.8. The Morgan fingerprint density at radius 3 is 2.12 bits per heavy atom. The normalized spacial score (nSPS) is 10.2. The highest BCUT2D eigenvalue weighted by Gasteiger charge is 2.03. The zero-order valence-corrected chi connectivity index (χ0v) is 10.2. The summed E-state index contributed by atoms with van der Waals surface area (Å²) < 4.78 is 5.17. The Morgan fingerprint density at radius 2 is 1.50 bits per heavy atom. The topological polar surface area (TPSA) is 9.23 Å². The van der Waals surface area contributed by atoms with Crippen molar-refractivity contribution in [1.29, 1.82) is 0 Å². The molecule has 0 aliphatic heterocycles. The fraction of sp³-hybridized carbons (Fsp3) is 0.0769. The molecule has 82 valence electrons. The van der Waals surface area contributed by atoms with Crippen LogP contribution in [-0.2, 0) is 0 Å². The number of halogens is 2. The van der Waals surface area contributed by atoms with Crippen LogP contribution >= 0.6 is 23.2 Å². The van der Waals surface area contributed by atoms with E-state index in [4.69, 9.17) is 27.9 Å². The van der Waals surface area contributed by atoms with Gasteiger partial charge in [-0.05, 0) is 35.4 Å².